The van der Waals surface area contributed by atoms with Crippen LogP contribution >= 0.6 is 19.8 Å². The molecule has 0 atom stereocenters. The van der Waals surface area contributed by atoms with E-state index >= 15 is 0 Å². The molecule has 3 aromatic heterocycles. The number of rotatable bonds is 33. The maximum Gasteiger partial charge on any atom is -0.0140 e. The minimum atomic E-state index is -4.88. The van der Waals surface area contributed by atoms with Crippen molar-refractivity contribution >= 4 is 68.0 Å². The Balaban J connectivity index is 0.00000210. The molecule has 0 unspecified atom stereocenters. The van der Waals surface area contributed by atoms with Gasteiger partial charge in [0.1, 0.15) is 0 Å². The van der Waals surface area contributed by atoms with Crippen LogP contribution < -0.4 is 7.72 Å². The second-order valence-corrected chi connectivity index (χ2v) is 57.9. The zero-order valence-corrected chi connectivity index (χ0v) is 57.5. The Morgan fingerprint density at radius 2 is 0.659 bits per heavy atom. The third-order valence-electron chi connectivity index (χ3n) is 18.4. The van der Waals surface area contributed by atoms with E-state index in [1.807, 2.05) is 38.2 Å². The van der Waals surface area contributed by atoms with Crippen LogP contribution in [-0.4, -0.2) is 65.9 Å². The average molecular weight is 1310 g/mol. The van der Waals surface area contributed by atoms with Gasteiger partial charge >= 0.3 is 440 Å². The van der Waals surface area contributed by atoms with E-state index in [0.29, 0.717) is 34.6 Å². The van der Waals surface area contributed by atoms with Crippen molar-refractivity contribution in [1.29, 1.82) is 0 Å². The molecule has 8 aromatic rings. The Hall–Kier alpha value is -5.43. The number of fused-ring (bicyclic) bond motifs is 20. The van der Waals surface area contributed by atoms with Crippen molar-refractivity contribution < 1.29 is 14.0 Å². The van der Waals surface area contributed by atoms with E-state index in [4.69, 9.17) is 33.5 Å². The van der Waals surface area contributed by atoms with E-state index in [0.717, 1.165) is 83.7 Å². The van der Waals surface area contributed by atoms with Gasteiger partial charge in [-0.2, -0.15) is 0 Å². The molecule has 10 nitrogen and oxygen atoms in total. The number of nitrogens with one attached hydrogen (secondary N) is 2. The van der Waals surface area contributed by atoms with Crippen molar-refractivity contribution in [3.05, 3.63) is 121 Å². The molecule has 0 aliphatic carbocycles. The second kappa shape index (κ2) is 32.5. The molecule has 0 radical (unpaired) electrons. The summed E-state index contributed by atoms with van der Waals surface area (Å²) in [5.41, 5.74) is 6.60. The van der Waals surface area contributed by atoms with E-state index < -0.39 is 10.4 Å². The van der Waals surface area contributed by atoms with Crippen LogP contribution in [0.25, 0.3) is 89.7 Å². The van der Waals surface area contributed by atoms with Gasteiger partial charge in [0.2, 0.25) is 0 Å². The molecule has 8 bridgehead atoms. The van der Waals surface area contributed by atoms with Crippen LogP contribution in [0.3, 0.4) is 0 Å². The van der Waals surface area contributed by atoms with Gasteiger partial charge in [0.15, 0.2) is 0 Å². The summed E-state index contributed by atoms with van der Waals surface area (Å²) in [7, 11) is 1.12. The molecule has 5 heterocycles. The van der Waals surface area contributed by atoms with Crippen LogP contribution in [0.15, 0.2) is 121 Å². The maximum atomic E-state index is 8.04. The van der Waals surface area contributed by atoms with Crippen LogP contribution in [-0.2, 0) is 10.4 Å². The maximum absolute atomic E-state index is 8.04. The number of benzene rings is 5. The summed E-state index contributed by atoms with van der Waals surface area (Å²) in [6.07, 6.45) is 37.4. The van der Waals surface area contributed by atoms with E-state index in [-0.39, 0.29) is 0 Å². The fraction of sp³-hybridized carbons (Fsp3) is 0.479. The third-order valence-corrected chi connectivity index (χ3v) is 47.0. The molecule has 449 valence electrons. The van der Waals surface area contributed by atoms with Crippen molar-refractivity contribution in [2.75, 3.05) is 21.1 Å². The summed E-state index contributed by atoms with van der Waals surface area (Å²) in [4.78, 5) is 41.7. The van der Waals surface area contributed by atoms with E-state index in [2.05, 4.69) is 153 Å². The quantitative estimate of drug-likeness (QED) is 0.0237. The zero-order valence-electron chi connectivity index (χ0n) is 52.4. The third kappa shape index (κ3) is 17.2. The summed E-state index contributed by atoms with van der Waals surface area (Å²) in [6, 6.07) is 42.6. The van der Waals surface area contributed by atoms with E-state index in [9.17, 15) is 0 Å². The number of halogens is 1. The summed E-state index contributed by atoms with van der Waals surface area (Å²) in [5, 5.41) is 6.14. The van der Waals surface area contributed by atoms with Gasteiger partial charge in [-0.1, -0.05) is 58.4 Å². The summed E-state index contributed by atoms with van der Waals surface area (Å²) in [6.45, 7) is 4.61. The minimum Gasteiger partial charge on any atom is -0.312 e. The van der Waals surface area contributed by atoms with Gasteiger partial charge in [0.05, 0.1) is 0 Å². The van der Waals surface area contributed by atoms with Gasteiger partial charge in [-0.25, -0.2) is 0 Å². The normalized spacial score (nSPS) is 12.2. The van der Waals surface area contributed by atoms with Crippen molar-refractivity contribution in [3.63, 3.8) is 0 Å². The Morgan fingerprint density at radius 1 is 0.353 bits per heavy atom. The van der Waals surface area contributed by atoms with Crippen molar-refractivity contribution in [3.8, 4) is 51.3 Å². The first-order valence-electron chi connectivity index (χ1n) is 33.7. The first kappa shape index (κ1) is 64.1. The van der Waals surface area contributed by atoms with Crippen LogP contribution in [0.2, 0.25) is 10.0 Å². The number of hydrogen-bond donors (Lipinski definition) is 2. The minimum absolute atomic E-state index is 0.606. The Kier molecular flexibility index (Phi) is 24.5. The van der Waals surface area contributed by atoms with Crippen LogP contribution in [0.1, 0.15) is 194 Å². The molecule has 5 aromatic carbocycles. The number of para-hydroxylation sites is 1. The van der Waals surface area contributed by atoms with Crippen molar-refractivity contribution in [1.82, 2.24) is 44.8 Å². The zero-order chi connectivity index (χ0) is 59.1. The molecule has 0 saturated carbocycles. The summed E-state index contributed by atoms with van der Waals surface area (Å²) < 4.78 is 9.36. The molecular formula is C73H97IN9OZn. The molecule has 0 spiro atoms. The number of aromatic amines is 2. The summed E-state index contributed by atoms with van der Waals surface area (Å²) in [5.74, 6) is 3.42. The molecule has 12 heteroatoms. The molecule has 0 amide bonds. The SMILES string of the molecule is CCCCCCCCCCCCCCC[CH2][Zn]([I])([CH2]CCCCCCCCCCCCCCC)([O]c1ccccc1)[c]1cccc2c3nc4nc(nc5[nH]c(nc6nc(nc([nH]3)c12)-c1ccccc1-6)c1ccccc51)-c1ccccc1-4.CN(C)C. The average Bonchev–Trinajstić information content (AvgIpc) is 2.07. The number of nitrogens with zero attached hydrogens (tertiary/aromatic N) is 7. The molecule has 85 heavy (non-hydrogen) atoms. The van der Waals surface area contributed by atoms with Crippen molar-refractivity contribution in [2.24, 2.45) is 0 Å². The van der Waals surface area contributed by atoms with Crippen LogP contribution in [0.4, 0.5) is 0 Å². The second-order valence-electron chi connectivity index (χ2n) is 25.8. The van der Waals surface area contributed by atoms with Gasteiger partial charge in [0.25, 0.3) is 0 Å². The first-order valence-corrected chi connectivity index (χ1v) is 49.6. The van der Waals surface area contributed by atoms with Gasteiger partial charge in [0, 0.05) is 0 Å². The molecule has 2 aliphatic rings. The predicted octanol–water partition coefficient (Wildman–Crippen LogP) is 21.5. The fourth-order valence-electron chi connectivity index (χ4n) is 13.8. The number of aromatic nitrogens is 8. The van der Waals surface area contributed by atoms with Gasteiger partial charge < -0.3 is 4.90 Å². The molecule has 0 saturated heterocycles. The smallest absolute Gasteiger partial charge is 0.0140 e. The molecular weight excluding hydrogens is 1210 g/mol. The Bertz CT molecular complexity index is 3500. The van der Waals surface area contributed by atoms with E-state index in [1.165, 1.54) is 171 Å². The van der Waals surface area contributed by atoms with Gasteiger partial charge in [-0.05, 0) is 21.1 Å². The number of unbranched alkanes of at least 4 members (excludes halogenated alkanes) is 26. The Morgan fingerprint density at radius 3 is 1.05 bits per heavy atom. The van der Waals surface area contributed by atoms with E-state index in [1.54, 1.807) is 0 Å². The number of hydrogen-bond acceptors (Lipinski definition) is 8. The fourth-order valence-corrected chi connectivity index (χ4v) is 39.3. The van der Waals surface area contributed by atoms with Crippen LogP contribution in [0.5, 0.6) is 5.75 Å². The molecule has 0 fully saturated rings. The largest absolute Gasteiger partial charge is 0.312 e. The number of H-pyrrole nitrogens is 2. The topological polar surface area (TPSA) is 121 Å². The van der Waals surface area contributed by atoms with Crippen LogP contribution in [0, 0.1) is 0 Å². The van der Waals surface area contributed by atoms with Crippen molar-refractivity contribution in [2.45, 2.75) is 204 Å². The van der Waals surface area contributed by atoms with Gasteiger partial charge in [-0.15, -0.1) is 0 Å². The molecule has 2 N–H and O–H groups in total. The van der Waals surface area contributed by atoms with Gasteiger partial charge in [-0.3, -0.25) is 0 Å². The predicted molar refractivity (Wildman–Crippen MR) is 367 cm³/mol. The Labute approximate surface area is 520 Å². The molecule has 10 rings (SSSR count). The first-order chi connectivity index (χ1) is 41.7. The summed E-state index contributed by atoms with van der Waals surface area (Å²) >= 11 is 3.01. The monoisotopic (exact) mass is 1310 g/mol. The standard InChI is InChI=1S/C32H17N8.2C16H33.C6H6O.C3H9N.HI.Zn/c1-2-10-18-17(9-1)25-33-26(18)38-28-21-13-5-6-14-22(21)30(35-28)40-32-24-16-8-7-15-23(24)31(36-32)39-29-20-12-4-3-11-19(20)27(34-29)37-25;2*1-3-5-7-9-11-13-15-16-14-12-10-8-6-4-2;7-6-4-2-1-3-5-6;1-4(2)3;;/h1-15H,(H2,33,34,35,36,37,38,39,40);2*1,3-16H2,2H3;1-5,7H;1-3H3;1H;/q;;;;;;+2/p-2. The molecule has 2 aliphatic heterocycles.